The van der Waals surface area contributed by atoms with Crippen LogP contribution in [0.15, 0.2) is 12.2 Å². The van der Waals surface area contributed by atoms with Crippen molar-refractivity contribution in [2.75, 3.05) is 41.0 Å². The minimum Gasteiger partial charge on any atom is -0.477 e. The van der Waals surface area contributed by atoms with E-state index in [9.17, 15) is 19.5 Å². The van der Waals surface area contributed by atoms with Crippen LogP contribution in [0.4, 0.5) is 0 Å². The number of quaternary nitrogens is 1. The Balaban J connectivity index is 4.45. The first-order valence-electron chi connectivity index (χ1n) is 18.2. The Bertz CT molecular complexity index is 762. The molecule has 0 rings (SSSR count). The number of hydrogen-bond acceptors (Lipinski definition) is 6. The molecule has 45 heavy (non-hydrogen) atoms. The summed E-state index contributed by atoms with van der Waals surface area (Å²) in [5.41, 5.74) is 0. The van der Waals surface area contributed by atoms with E-state index in [1.165, 1.54) is 64.2 Å². The lowest BCUT2D eigenvalue weighted by Crippen LogP contribution is -2.50. The number of carbonyl (C=O) groups is 3. The van der Waals surface area contributed by atoms with Gasteiger partial charge in [0.1, 0.15) is 6.61 Å². The summed E-state index contributed by atoms with van der Waals surface area (Å²) in [4.78, 5) is 36.6. The molecule has 0 aromatic carbocycles. The molecule has 0 saturated heterocycles. The molecule has 0 heterocycles. The average Bonchev–Trinajstić information content (AvgIpc) is 2.98. The van der Waals surface area contributed by atoms with Crippen molar-refractivity contribution >= 4 is 17.9 Å². The standard InChI is InChI=1S/C37H69NO7/c1-6-8-10-12-14-16-18-20-21-23-25-27-35(39)44-32-33(31-43-30-29-34(37(41)42)38(3,4)5)45-36(40)28-26-24-22-19-17-15-13-11-9-7-2/h11,13,33-34H,6-10,12,14-32H2,1-5H3/p+1/b13-11-. The fraction of sp³-hybridized carbons (Fsp3) is 0.865. The molecule has 1 N–H and O–H groups in total. The van der Waals surface area contributed by atoms with E-state index in [1.54, 1.807) is 0 Å². The molecule has 0 aliphatic heterocycles. The lowest BCUT2D eigenvalue weighted by Gasteiger charge is -2.31. The number of nitrogens with zero attached hydrogens (tertiary/aromatic N) is 1. The molecule has 0 saturated carbocycles. The zero-order chi connectivity index (χ0) is 33.6. The van der Waals surface area contributed by atoms with Gasteiger partial charge in [0, 0.05) is 19.3 Å². The summed E-state index contributed by atoms with van der Waals surface area (Å²) in [6.07, 6.45) is 26.8. The van der Waals surface area contributed by atoms with E-state index in [2.05, 4.69) is 26.0 Å². The maximum atomic E-state index is 12.6. The van der Waals surface area contributed by atoms with Gasteiger partial charge in [-0.2, -0.15) is 0 Å². The normalized spacial score (nSPS) is 13.2. The number of carbonyl (C=O) groups excluding carboxylic acids is 2. The van der Waals surface area contributed by atoms with E-state index in [0.717, 1.165) is 57.8 Å². The van der Waals surface area contributed by atoms with Gasteiger partial charge < -0.3 is 23.8 Å². The summed E-state index contributed by atoms with van der Waals surface area (Å²) in [5.74, 6) is -1.48. The zero-order valence-electron chi connectivity index (χ0n) is 29.8. The first-order valence-corrected chi connectivity index (χ1v) is 18.2. The molecular weight excluding hydrogens is 570 g/mol. The van der Waals surface area contributed by atoms with E-state index in [-0.39, 0.29) is 36.2 Å². The van der Waals surface area contributed by atoms with Gasteiger partial charge in [-0.3, -0.25) is 9.59 Å². The molecule has 0 aromatic heterocycles. The van der Waals surface area contributed by atoms with Gasteiger partial charge in [-0.05, 0) is 32.1 Å². The molecule has 0 radical (unpaired) electrons. The van der Waals surface area contributed by atoms with Gasteiger partial charge >= 0.3 is 17.9 Å². The third-order valence-electron chi connectivity index (χ3n) is 8.15. The minimum atomic E-state index is -0.877. The maximum Gasteiger partial charge on any atom is 0.362 e. The highest BCUT2D eigenvalue weighted by Gasteiger charge is 2.31. The van der Waals surface area contributed by atoms with Gasteiger partial charge in [-0.1, -0.05) is 116 Å². The van der Waals surface area contributed by atoms with Gasteiger partial charge in [0.2, 0.25) is 0 Å². The first kappa shape index (κ1) is 43.1. The predicted molar refractivity (Wildman–Crippen MR) is 183 cm³/mol. The number of unbranched alkanes of at least 4 members (excludes halogenated alkanes) is 16. The van der Waals surface area contributed by atoms with Crippen LogP contribution in [0, 0.1) is 0 Å². The van der Waals surface area contributed by atoms with Crippen LogP contribution in [0.1, 0.15) is 155 Å². The Labute approximate surface area is 276 Å². The molecule has 8 nitrogen and oxygen atoms in total. The number of aliphatic carboxylic acids is 1. The molecule has 8 heteroatoms. The second kappa shape index (κ2) is 29.5. The summed E-state index contributed by atoms with van der Waals surface area (Å²) < 4.78 is 17.1. The molecule has 0 fully saturated rings. The van der Waals surface area contributed by atoms with Crippen molar-refractivity contribution in [3.05, 3.63) is 12.2 Å². The zero-order valence-corrected chi connectivity index (χ0v) is 29.8. The van der Waals surface area contributed by atoms with Crippen LogP contribution in [-0.2, 0) is 28.6 Å². The van der Waals surface area contributed by atoms with Crippen LogP contribution in [-0.4, -0.2) is 80.6 Å². The molecule has 2 atom stereocenters. The number of carboxylic acids is 1. The summed E-state index contributed by atoms with van der Waals surface area (Å²) in [6.45, 7) is 4.64. The highest BCUT2D eigenvalue weighted by Crippen LogP contribution is 2.14. The molecule has 0 spiro atoms. The molecule has 0 bridgehead atoms. The summed E-state index contributed by atoms with van der Waals surface area (Å²) in [6, 6.07) is -0.609. The van der Waals surface area contributed by atoms with Crippen molar-refractivity contribution in [2.24, 2.45) is 0 Å². The van der Waals surface area contributed by atoms with Crippen molar-refractivity contribution in [2.45, 2.75) is 167 Å². The lowest BCUT2D eigenvalue weighted by atomic mass is 10.1. The Kier molecular flexibility index (Phi) is 28.2. The van der Waals surface area contributed by atoms with Crippen molar-refractivity contribution in [1.82, 2.24) is 0 Å². The molecule has 264 valence electrons. The maximum absolute atomic E-state index is 12.6. The Morgan fingerprint density at radius 3 is 1.69 bits per heavy atom. The molecule has 0 aromatic rings. The summed E-state index contributed by atoms with van der Waals surface area (Å²) >= 11 is 0. The van der Waals surface area contributed by atoms with E-state index >= 15 is 0 Å². The van der Waals surface area contributed by atoms with Gasteiger partial charge in [0.15, 0.2) is 12.1 Å². The topological polar surface area (TPSA) is 99.1 Å². The number of ether oxygens (including phenoxy) is 3. The number of hydrogen-bond donors (Lipinski definition) is 1. The summed E-state index contributed by atoms with van der Waals surface area (Å²) in [7, 11) is 5.51. The van der Waals surface area contributed by atoms with Gasteiger partial charge in [-0.15, -0.1) is 0 Å². The average molecular weight is 641 g/mol. The van der Waals surface area contributed by atoms with Crippen LogP contribution in [0.3, 0.4) is 0 Å². The number of likely N-dealkylation sites (N-methyl/N-ethyl adjacent to an activating group) is 1. The van der Waals surface area contributed by atoms with Crippen molar-refractivity contribution in [3.8, 4) is 0 Å². The SMILES string of the molecule is CCC/C=C\CCCCCCCC(=O)OC(COCCC(C(=O)O)[N+](C)(C)C)COC(=O)CCCCCCCCCCCCC. The summed E-state index contributed by atoms with van der Waals surface area (Å²) in [5, 5.41) is 9.55. The van der Waals surface area contributed by atoms with Crippen molar-refractivity contribution < 1.29 is 38.2 Å². The Morgan fingerprint density at radius 2 is 1.16 bits per heavy atom. The van der Waals surface area contributed by atoms with Crippen LogP contribution in [0.25, 0.3) is 0 Å². The van der Waals surface area contributed by atoms with E-state index in [0.29, 0.717) is 19.3 Å². The quantitative estimate of drug-likeness (QED) is 0.0339. The van der Waals surface area contributed by atoms with Crippen molar-refractivity contribution in [3.63, 3.8) is 0 Å². The Hall–Kier alpha value is -1.93. The highest BCUT2D eigenvalue weighted by molar-refractivity contribution is 5.72. The minimum absolute atomic E-state index is 0.0498. The van der Waals surface area contributed by atoms with E-state index < -0.39 is 18.1 Å². The monoisotopic (exact) mass is 641 g/mol. The molecule has 2 unspecified atom stereocenters. The van der Waals surface area contributed by atoms with Gasteiger partial charge in [0.05, 0.1) is 34.4 Å². The third kappa shape index (κ3) is 28.1. The molecule has 0 aliphatic carbocycles. The van der Waals surface area contributed by atoms with Crippen LogP contribution < -0.4 is 0 Å². The fourth-order valence-corrected chi connectivity index (χ4v) is 5.27. The number of esters is 2. The fourth-order valence-electron chi connectivity index (χ4n) is 5.27. The van der Waals surface area contributed by atoms with Crippen LogP contribution >= 0.6 is 0 Å². The highest BCUT2D eigenvalue weighted by atomic mass is 16.6. The van der Waals surface area contributed by atoms with E-state index in [4.69, 9.17) is 14.2 Å². The number of allylic oxidation sites excluding steroid dienone is 2. The van der Waals surface area contributed by atoms with Gasteiger partial charge in [0.25, 0.3) is 0 Å². The van der Waals surface area contributed by atoms with Gasteiger partial charge in [-0.25, -0.2) is 4.79 Å². The smallest absolute Gasteiger partial charge is 0.362 e. The number of carboxylic acid groups (broad SMARTS) is 1. The first-order chi connectivity index (χ1) is 21.6. The van der Waals surface area contributed by atoms with Crippen molar-refractivity contribution in [1.29, 1.82) is 0 Å². The number of rotatable bonds is 32. The van der Waals surface area contributed by atoms with Crippen LogP contribution in [0.5, 0.6) is 0 Å². The molecule has 0 amide bonds. The second-order valence-electron chi connectivity index (χ2n) is 13.5. The second-order valence-corrected chi connectivity index (χ2v) is 13.5. The lowest BCUT2D eigenvalue weighted by molar-refractivity contribution is -0.887. The largest absolute Gasteiger partial charge is 0.477 e. The Morgan fingerprint density at radius 1 is 0.644 bits per heavy atom. The molecular formula is C37H70NO7+. The third-order valence-corrected chi connectivity index (χ3v) is 8.15. The van der Waals surface area contributed by atoms with E-state index in [1.807, 2.05) is 21.1 Å². The predicted octanol–water partition coefficient (Wildman–Crippen LogP) is 8.80. The van der Waals surface area contributed by atoms with Crippen LogP contribution in [0.2, 0.25) is 0 Å². The molecule has 0 aliphatic rings.